The normalized spacial score (nSPS) is 11.5. The topological polar surface area (TPSA) is 86.3 Å². The lowest BCUT2D eigenvalue weighted by molar-refractivity contribution is 0.0644. The molecule has 0 aromatic heterocycles. The molecule has 0 amide bonds. The van der Waals surface area contributed by atoms with Gasteiger partial charge in [0.1, 0.15) is 5.75 Å². The average molecular weight is 268 g/mol. The fourth-order valence-electron chi connectivity index (χ4n) is 1.37. The Morgan fingerprint density at radius 3 is 2.53 bits per heavy atom. The van der Waals surface area contributed by atoms with Gasteiger partial charge < -0.3 is 25.2 Å². The van der Waals surface area contributed by atoms with Crippen molar-refractivity contribution in [2.24, 2.45) is 10.9 Å². The van der Waals surface area contributed by atoms with E-state index in [0.717, 1.165) is 12.2 Å². The molecule has 0 atom stereocenters. The molecule has 0 heterocycles. The number of oxime groups is 1. The molecule has 1 aromatic carbocycles. The maximum absolute atomic E-state index is 8.53. The van der Waals surface area contributed by atoms with E-state index in [9.17, 15) is 0 Å². The van der Waals surface area contributed by atoms with Crippen molar-refractivity contribution in [3.05, 3.63) is 29.8 Å². The van der Waals surface area contributed by atoms with Crippen LogP contribution < -0.4 is 10.5 Å². The molecule has 0 saturated carbocycles. The van der Waals surface area contributed by atoms with Crippen molar-refractivity contribution >= 4 is 5.84 Å². The van der Waals surface area contributed by atoms with Gasteiger partial charge in [0.2, 0.25) is 0 Å². The van der Waals surface area contributed by atoms with E-state index in [4.69, 9.17) is 25.2 Å². The fourth-order valence-corrected chi connectivity index (χ4v) is 1.37. The standard InChI is InChI=1S/C13H20N2O4/c1-17-9-10-18-7-2-8-19-12-5-3-11(4-6-12)13(14)15-16/h3-6,16H,2,7-10H2,1H3,(H2,14,15). The summed E-state index contributed by atoms with van der Waals surface area (Å²) in [4.78, 5) is 0. The van der Waals surface area contributed by atoms with Crippen LogP contribution >= 0.6 is 0 Å². The van der Waals surface area contributed by atoms with Crippen LogP contribution in [0.2, 0.25) is 0 Å². The first kappa shape index (κ1) is 15.3. The number of ether oxygens (including phenoxy) is 3. The van der Waals surface area contributed by atoms with Crippen LogP contribution in [0.1, 0.15) is 12.0 Å². The number of hydrogen-bond donors (Lipinski definition) is 2. The highest BCUT2D eigenvalue weighted by atomic mass is 16.5. The van der Waals surface area contributed by atoms with Crippen LogP contribution in [-0.2, 0) is 9.47 Å². The third-order valence-corrected chi connectivity index (χ3v) is 2.39. The molecule has 106 valence electrons. The smallest absolute Gasteiger partial charge is 0.170 e. The van der Waals surface area contributed by atoms with Crippen molar-refractivity contribution in [3.8, 4) is 5.75 Å². The van der Waals surface area contributed by atoms with Gasteiger partial charge in [-0.2, -0.15) is 0 Å². The zero-order chi connectivity index (χ0) is 13.9. The lowest BCUT2D eigenvalue weighted by Crippen LogP contribution is -2.12. The Bertz CT molecular complexity index is 379. The van der Waals surface area contributed by atoms with Gasteiger partial charge in [-0.05, 0) is 24.3 Å². The molecule has 1 aromatic rings. The Morgan fingerprint density at radius 1 is 1.16 bits per heavy atom. The predicted molar refractivity (Wildman–Crippen MR) is 71.8 cm³/mol. The highest BCUT2D eigenvalue weighted by Crippen LogP contribution is 2.12. The fraction of sp³-hybridized carbons (Fsp3) is 0.462. The monoisotopic (exact) mass is 268 g/mol. The maximum atomic E-state index is 8.53. The summed E-state index contributed by atoms with van der Waals surface area (Å²) in [6, 6.07) is 7.03. The summed E-state index contributed by atoms with van der Waals surface area (Å²) in [5, 5.41) is 11.5. The number of methoxy groups -OCH3 is 1. The van der Waals surface area contributed by atoms with Gasteiger partial charge in [0, 0.05) is 25.7 Å². The molecule has 0 saturated heterocycles. The van der Waals surface area contributed by atoms with Crippen molar-refractivity contribution < 1.29 is 19.4 Å². The van der Waals surface area contributed by atoms with Crippen LogP contribution in [0, 0.1) is 0 Å². The first-order valence-electron chi connectivity index (χ1n) is 6.05. The summed E-state index contributed by atoms with van der Waals surface area (Å²) in [5.74, 6) is 0.824. The molecule has 0 aliphatic carbocycles. The Balaban J connectivity index is 2.19. The zero-order valence-electron chi connectivity index (χ0n) is 11.0. The van der Waals surface area contributed by atoms with Crippen LogP contribution in [0.3, 0.4) is 0 Å². The second kappa shape index (κ2) is 9.18. The van der Waals surface area contributed by atoms with Gasteiger partial charge in [-0.1, -0.05) is 5.16 Å². The first-order chi connectivity index (χ1) is 9.27. The summed E-state index contributed by atoms with van der Waals surface area (Å²) in [5.41, 5.74) is 6.11. The first-order valence-corrected chi connectivity index (χ1v) is 6.05. The minimum Gasteiger partial charge on any atom is -0.494 e. The van der Waals surface area contributed by atoms with Crippen molar-refractivity contribution in [2.75, 3.05) is 33.5 Å². The molecule has 19 heavy (non-hydrogen) atoms. The summed E-state index contributed by atoms with van der Waals surface area (Å²) in [7, 11) is 1.64. The molecule has 0 spiro atoms. The molecular weight excluding hydrogens is 248 g/mol. The Hall–Kier alpha value is -1.79. The van der Waals surface area contributed by atoms with Gasteiger partial charge in [0.25, 0.3) is 0 Å². The average Bonchev–Trinajstić information content (AvgIpc) is 2.46. The van der Waals surface area contributed by atoms with E-state index in [0.29, 0.717) is 32.0 Å². The number of nitrogens with zero attached hydrogens (tertiary/aromatic N) is 1. The molecule has 0 radical (unpaired) electrons. The van der Waals surface area contributed by atoms with E-state index >= 15 is 0 Å². The highest BCUT2D eigenvalue weighted by Gasteiger charge is 1.99. The molecule has 0 aliphatic heterocycles. The maximum Gasteiger partial charge on any atom is 0.170 e. The van der Waals surface area contributed by atoms with E-state index in [1.807, 2.05) is 0 Å². The van der Waals surface area contributed by atoms with Crippen molar-refractivity contribution in [2.45, 2.75) is 6.42 Å². The summed E-state index contributed by atoms with van der Waals surface area (Å²) >= 11 is 0. The Morgan fingerprint density at radius 2 is 1.89 bits per heavy atom. The number of hydrogen-bond acceptors (Lipinski definition) is 5. The third-order valence-electron chi connectivity index (χ3n) is 2.39. The second-order valence-electron chi connectivity index (χ2n) is 3.82. The molecule has 0 aliphatic rings. The highest BCUT2D eigenvalue weighted by molar-refractivity contribution is 5.97. The number of rotatable bonds is 9. The largest absolute Gasteiger partial charge is 0.494 e. The minimum atomic E-state index is 0.0816. The number of nitrogens with two attached hydrogens (primary N) is 1. The third kappa shape index (κ3) is 6.08. The van der Waals surface area contributed by atoms with Gasteiger partial charge in [-0.15, -0.1) is 0 Å². The van der Waals surface area contributed by atoms with Crippen LogP contribution in [0.15, 0.2) is 29.4 Å². The Labute approximate surface area is 112 Å². The van der Waals surface area contributed by atoms with Crippen LogP contribution in [-0.4, -0.2) is 44.6 Å². The van der Waals surface area contributed by atoms with Crippen LogP contribution in [0.25, 0.3) is 0 Å². The minimum absolute atomic E-state index is 0.0816. The molecule has 0 unspecified atom stereocenters. The number of benzene rings is 1. The molecule has 0 fully saturated rings. The summed E-state index contributed by atoms with van der Waals surface area (Å²) in [6.45, 7) is 2.43. The van der Waals surface area contributed by atoms with E-state index in [1.54, 1.807) is 31.4 Å². The molecule has 1 rings (SSSR count). The van der Waals surface area contributed by atoms with Gasteiger partial charge in [0.15, 0.2) is 5.84 Å². The van der Waals surface area contributed by atoms with Crippen LogP contribution in [0.5, 0.6) is 5.75 Å². The van der Waals surface area contributed by atoms with E-state index in [2.05, 4.69) is 5.16 Å². The van der Waals surface area contributed by atoms with Gasteiger partial charge >= 0.3 is 0 Å². The van der Waals surface area contributed by atoms with Crippen LogP contribution in [0.4, 0.5) is 0 Å². The number of amidine groups is 1. The van der Waals surface area contributed by atoms with Crippen molar-refractivity contribution in [1.82, 2.24) is 0 Å². The molecular formula is C13H20N2O4. The lowest BCUT2D eigenvalue weighted by atomic mass is 10.2. The lowest BCUT2D eigenvalue weighted by Gasteiger charge is -2.07. The van der Waals surface area contributed by atoms with E-state index in [1.165, 1.54) is 0 Å². The van der Waals surface area contributed by atoms with E-state index in [-0.39, 0.29) is 5.84 Å². The molecule has 6 heteroatoms. The van der Waals surface area contributed by atoms with Gasteiger partial charge in [-0.25, -0.2) is 0 Å². The molecule has 6 nitrogen and oxygen atoms in total. The van der Waals surface area contributed by atoms with Crippen molar-refractivity contribution in [3.63, 3.8) is 0 Å². The van der Waals surface area contributed by atoms with Gasteiger partial charge in [-0.3, -0.25) is 0 Å². The zero-order valence-corrected chi connectivity index (χ0v) is 11.0. The van der Waals surface area contributed by atoms with E-state index < -0.39 is 0 Å². The second-order valence-corrected chi connectivity index (χ2v) is 3.82. The SMILES string of the molecule is COCCOCCCOc1ccc(/C(N)=N/O)cc1. The predicted octanol–water partition coefficient (Wildman–Crippen LogP) is 1.21. The van der Waals surface area contributed by atoms with Gasteiger partial charge in [0.05, 0.1) is 19.8 Å². The quantitative estimate of drug-likeness (QED) is 0.231. The summed E-state index contributed by atoms with van der Waals surface area (Å²) in [6.07, 6.45) is 0.811. The van der Waals surface area contributed by atoms with Crippen molar-refractivity contribution in [1.29, 1.82) is 0 Å². The summed E-state index contributed by atoms with van der Waals surface area (Å²) < 4.78 is 15.7. The Kier molecular flexibility index (Phi) is 7.38. The molecule has 0 bridgehead atoms. The molecule has 3 N–H and O–H groups in total.